The molecule has 0 aliphatic carbocycles. The lowest BCUT2D eigenvalue weighted by Crippen LogP contribution is -2.18. The minimum atomic E-state index is -0.440. The maximum Gasteiger partial charge on any atom is 0.269 e. The van der Waals surface area contributed by atoms with Gasteiger partial charge in [0.05, 0.1) is 43.8 Å². The van der Waals surface area contributed by atoms with Gasteiger partial charge in [0.15, 0.2) is 0 Å². The van der Waals surface area contributed by atoms with Crippen LogP contribution in [0.25, 0.3) is 16.9 Å². The number of hydrogen-bond donors (Lipinski definition) is 0. The summed E-state index contributed by atoms with van der Waals surface area (Å²) in [7, 11) is 0. The summed E-state index contributed by atoms with van der Waals surface area (Å²) < 4.78 is 15.5. The highest BCUT2D eigenvalue weighted by molar-refractivity contribution is 6.42. The molecule has 1 aliphatic heterocycles. The van der Waals surface area contributed by atoms with Crippen molar-refractivity contribution >= 4 is 40.3 Å². The van der Waals surface area contributed by atoms with Crippen molar-refractivity contribution in [1.82, 2.24) is 9.78 Å². The lowest BCUT2D eigenvalue weighted by molar-refractivity contribution is -0.384. The molecule has 0 spiro atoms. The third kappa shape index (κ3) is 4.95. The zero-order chi connectivity index (χ0) is 27.8. The molecule has 0 radical (unpaired) electrons. The molecule has 5 aromatic rings. The summed E-state index contributed by atoms with van der Waals surface area (Å²) in [5.41, 5.74) is 5.37. The third-order valence-corrected chi connectivity index (χ3v) is 7.47. The van der Waals surface area contributed by atoms with Crippen molar-refractivity contribution < 1.29 is 9.31 Å². The monoisotopic (exact) mass is 571 g/mol. The van der Waals surface area contributed by atoms with Gasteiger partial charge in [-0.25, -0.2) is 9.07 Å². The predicted octanol–water partition coefficient (Wildman–Crippen LogP) is 8.25. The molecule has 1 unspecified atom stereocenters. The van der Waals surface area contributed by atoms with Gasteiger partial charge in [-0.1, -0.05) is 59.6 Å². The fourth-order valence-electron chi connectivity index (χ4n) is 4.75. The molecule has 1 aromatic heterocycles. The Kier molecular flexibility index (Phi) is 6.79. The predicted molar refractivity (Wildman–Crippen MR) is 155 cm³/mol. The van der Waals surface area contributed by atoms with Gasteiger partial charge in [0.2, 0.25) is 0 Å². The normalized spacial score (nSPS) is 14.8. The van der Waals surface area contributed by atoms with Gasteiger partial charge in [-0.3, -0.25) is 15.1 Å². The number of nitro groups is 1. The zero-order valence-electron chi connectivity index (χ0n) is 20.8. The van der Waals surface area contributed by atoms with E-state index in [9.17, 15) is 14.5 Å². The van der Waals surface area contributed by atoms with Crippen LogP contribution >= 0.6 is 23.2 Å². The number of hydrazone groups is 1. The van der Waals surface area contributed by atoms with Crippen molar-refractivity contribution in [2.45, 2.75) is 12.5 Å². The van der Waals surface area contributed by atoms with E-state index >= 15 is 0 Å². The molecule has 2 heterocycles. The molecule has 0 amide bonds. The minimum Gasteiger partial charge on any atom is -0.258 e. The zero-order valence-corrected chi connectivity index (χ0v) is 22.3. The second-order valence-electron chi connectivity index (χ2n) is 9.23. The fourth-order valence-corrected chi connectivity index (χ4v) is 5.04. The second-order valence-corrected chi connectivity index (χ2v) is 10.0. The SMILES string of the molecule is O=[N+]([O-])c1ccc(N2N=C(c3ccc(F)cc3)CC2c2cn(-c3ccccc3)nc2-c2ccc(Cl)c(Cl)c2)cc1. The van der Waals surface area contributed by atoms with E-state index in [1.54, 1.807) is 41.1 Å². The van der Waals surface area contributed by atoms with Crippen LogP contribution in [0.5, 0.6) is 0 Å². The highest BCUT2D eigenvalue weighted by Crippen LogP contribution is 2.42. The van der Waals surface area contributed by atoms with Gasteiger partial charge >= 0.3 is 0 Å². The lowest BCUT2D eigenvalue weighted by atomic mass is 9.96. The van der Waals surface area contributed by atoms with E-state index in [0.717, 1.165) is 28.1 Å². The Morgan fingerprint density at radius 1 is 0.850 bits per heavy atom. The van der Waals surface area contributed by atoms with E-state index in [2.05, 4.69) is 0 Å². The van der Waals surface area contributed by atoms with E-state index < -0.39 is 4.92 Å². The molecule has 40 heavy (non-hydrogen) atoms. The van der Waals surface area contributed by atoms with Crippen LogP contribution in [0, 0.1) is 15.9 Å². The van der Waals surface area contributed by atoms with Gasteiger partial charge in [-0.05, 0) is 54.1 Å². The first-order valence-corrected chi connectivity index (χ1v) is 13.1. The minimum absolute atomic E-state index is 0.0179. The largest absolute Gasteiger partial charge is 0.269 e. The molecule has 10 heteroatoms. The highest BCUT2D eigenvalue weighted by atomic mass is 35.5. The van der Waals surface area contributed by atoms with Gasteiger partial charge in [0.25, 0.3) is 5.69 Å². The Bertz CT molecular complexity index is 1740. The summed E-state index contributed by atoms with van der Waals surface area (Å²) in [6, 6.07) is 27.2. The molecular weight excluding hydrogens is 552 g/mol. The Morgan fingerprint density at radius 2 is 1.55 bits per heavy atom. The van der Waals surface area contributed by atoms with Gasteiger partial charge in [0.1, 0.15) is 5.82 Å². The summed E-state index contributed by atoms with van der Waals surface area (Å²) in [4.78, 5) is 10.8. The molecule has 4 aromatic carbocycles. The molecule has 1 aliphatic rings. The van der Waals surface area contributed by atoms with E-state index in [1.807, 2.05) is 47.6 Å². The van der Waals surface area contributed by atoms with Crippen LogP contribution in [0.4, 0.5) is 15.8 Å². The molecule has 6 rings (SSSR count). The Hall–Kier alpha value is -4.53. The topological polar surface area (TPSA) is 76.6 Å². The number of anilines is 1. The number of nitrogens with zero attached hydrogens (tertiary/aromatic N) is 5. The number of halogens is 3. The smallest absolute Gasteiger partial charge is 0.258 e. The van der Waals surface area contributed by atoms with Crippen molar-refractivity contribution in [3.63, 3.8) is 0 Å². The van der Waals surface area contributed by atoms with Gasteiger partial charge in [-0.15, -0.1) is 0 Å². The van der Waals surface area contributed by atoms with Crippen LogP contribution in [0.15, 0.2) is 108 Å². The fraction of sp³-hybridized carbons (Fsp3) is 0.0667. The number of benzene rings is 4. The first-order valence-electron chi connectivity index (χ1n) is 12.3. The van der Waals surface area contributed by atoms with E-state index in [1.165, 1.54) is 24.3 Å². The van der Waals surface area contributed by atoms with Crippen LogP contribution in [0.1, 0.15) is 23.6 Å². The van der Waals surface area contributed by atoms with Crippen LogP contribution < -0.4 is 5.01 Å². The van der Waals surface area contributed by atoms with Gasteiger partial charge < -0.3 is 0 Å². The molecule has 1 atom stereocenters. The summed E-state index contributed by atoms with van der Waals surface area (Å²) in [5, 5.41) is 23.8. The van der Waals surface area contributed by atoms with Crippen molar-refractivity contribution in [3.8, 4) is 16.9 Å². The van der Waals surface area contributed by atoms with Crippen LogP contribution in [-0.4, -0.2) is 20.4 Å². The van der Waals surface area contributed by atoms with Crippen LogP contribution in [0.3, 0.4) is 0 Å². The number of rotatable bonds is 6. The standard InChI is InChI=1S/C30H20Cl2FN5O2/c31-26-15-8-20(16-27(26)32)30-25(18-36(35-30)22-4-2-1-3-5-22)29-17-28(19-6-9-21(33)10-7-19)34-37(29)23-11-13-24(14-12-23)38(39)40/h1-16,18,29H,17H2. The van der Waals surface area contributed by atoms with E-state index in [4.69, 9.17) is 33.4 Å². The maximum absolute atomic E-state index is 13.7. The molecule has 0 bridgehead atoms. The molecular formula is C30H20Cl2FN5O2. The number of para-hydroxylation sites is 1. The van der Waals surface area contributed by atoms with Crippen molar-refractivity contribution in [2.24, 2.45) is 5.10 Å². The van der Waals surface area contributed by atoms with E-state index in [0.29, 0.717) is 27.8 Å². The number of aromatic nitrogens is 2. The Morgan fingerprint density at radius 3 is 2.23 bits per heavy atom. The van der Waals surface area contributed by atoms with E-state index in [-0.39, 0.29) is 17.5 Å². The molecule has 0 fully saturated rings. The number of non-ortho nitro benzene ring substituents is 1. The molecule has 0 saturated heterocycles. The molecule has 198 valence electrons. The van der Waals surface area contributed by atoms with Crippen molar-refractivity contribution in [2.75, 3.05) is 5.01 Å². The van der Waals surface area contributed by atoms with Gasteiger partial charge in [-0.2, -0.15) is 10.2 Å². The summed E-state index contributed by atoms with van der Waals surface area (Å²) in [6.07, 6.45) is 2.44. The number of nitro benzene ring substituents is 1. The molecule has 0 N–H and O–H groups in total. The maximum atomic E-state index is 13.7. The third-order valence-electron chi connectivity index (χ3n) is 6.73. The summed E-state index contributed by atoms with van der Waals surface area (Å²) in [5.74, 6) is -0.336. The summed E-state index contributed by atoms with van der Waals surface area (Å²) >= 11 is 12.6. The quantitative estimate of drug-likeness (QED) is 0.152. The van der Waals surface area contributed by atoms with Crippen molar-refractivity contribution in [1.29, 1.82) is 0 Å². The Balaban J connectivity index is 1.50. The van der Waals surface area contributed by atoms with Crippen molar-refractivity contribution in [3.05, 3.63) is 140 Å². The average molecular weight is 572 g/mol. The number of hydrogen-bond acceptors (Lipinski definition) is 5. The van der Waals surface area contributed by atoms with Crippen LogP contribution in [-0.2, 0) is 0 Å². The highest BCUT2D eigenvalue weighted by Gasteiger charge is 2.34. The first kappa shape index (κ1) is 25.7. The van der Waals surface area contributed by atoms with Gasteiger partial charge in [0, 0.05) is 35.9 Å². The Labute approximate surface area is 238 Å². The second kappa shape index (κ2) is 10.6. The lowest BCUT2D eigenvalue weighted by Gasteiger charge is -2.23. The van der Waals surface area contributed by atoms with Crippen LogP contribution in [0.2, 0.25) is 10.0 Å². The molecule has 0 saturated carbocycles. The first-order chi connectivity index (χ1) is 19.4. The summed E-state index contributed by atoms with van der Waals surface area (Å²) in [6.45, 7) is 0. The molecule has 7 nitrogen and oxygen atoms in total. The average Bonchev–Trinajstić information content (AvgIpc) is 3.61.